The molecule has 2 unspecified atom stereocenters. The van der Waals surface area contributed by atoms with Crippen LogP contribution in [0.4, 0.5) is 0 Å². The van der Waals surface area contributed by atoms with Crippen molar-refractivity contribution in [3.8, 4) is 0 Å². The number of hydrogen-bond acceptors (Lipinski definition) is 4. The lowest BCUT2D eigenvalue weighted by atomic mass is 9.83. The maximum Gasteiger partial charge on any atom is 0.235 e. The van der Waals surface area contributed by atoms with Gasteiger partial charge < -0.3 is 0 Å². The predicted molar refractivity (Wildman–Crippen MR) is 139 cm³/mol. The molecule has 2 nitrogen and oxygen atoms in total. The second-order valence-corrected chi connectivity index (χ2v) is 13.9. The van der Waals surface area contributed by atoms with E-state index in [1.807, 2.05) is 11.8 Å². The number of rotatable bonds is 10. The predicted octanol–water partition coefficient (Wildman–Crippen LogP) is 8.05. The molecule has 1 aromatic heterocycles. The minimum absolute atomic E-state index is 0.210. The zero-order valence-corrected chi connectivity index (χ0v) is 22.6. The maximum absolute atomic E-state index is 13.1. The number of fused-ring (bicyclic) bond motifs is 2. The highest BCUT2D eigenvalue weighted by Crippen LogP contribution is 2.57. The molecule has 28 heavy (non-hydrogen) atoms. The van der Waals surface area contributed by atoms with Gasteiger partial charge in [-0.1, -0.05) is 81.4 Å². The molecule has 0 bridgehead atoms. The summed E-state index contributed by atoms with van der Waals surface area (Å²) in [7, 11) is 0. The normalized spacial score (nSPS) is 21.4. The first-order valence-corrected chi connectivity index (χ1v) is 14.5. The van der Waals surface area contributed by atoms with E-state index in [4.69, 9.17) is 0 Å². The highest BCUT2D eigenvalue weighted by Gasteiger charge is 2.46. The van der Waals surface area contributed by atoms with Gasteiger partial charge in [-0.15, -0.1) is 23.1 Å². The molecule has 0 radical (unpaired) electrons. The summed E-state index contributed by atoms with van der Waals surface area (Å²) in [5.74, 6) is -0.212. The highest BCUT2D eigenvalue weighted by molar-refractivity contribution is 14.1. The number of carbonyl (C=O) groups is 2. The Morgan fingerprint density at radius 2 is 1.61 bits per heavy atom. The van der Waals surface area contributed by atoms with Crippen LogP contribution in [0.1, 0.15) is 92.4 Å². The van der Waals surface area contributed by atoms with E-state index in [0.29, 0.717) is 3.26 Å². The number of alkyl halides is 1. The van der Waals surface area contributed by atoms with Gasteiger partial charge in [-0.05, 0) is 47.4 Å². The Labute approximate surface area is 204 Å². The Bertz CT molecular complexity index is 782. The third-order valence-electron chi connectivity index (χ3n) is 5.65. The molecule has 0 amide bonds. The standard InChI is InChI=1S/C22H28I2O2S2/c1-3-5-7-9-11-13-15-17(25)18(26)16-14(12-10-8-6-4-2)22(24)28-20(16)19(15)27-21(13)23/h13,21H,3-12H2,1-2H3. The summed E-state index contributed by atoms with van der Waals surface area (Å²) in [6, 6.07) is 0. The Morgan fingerprint density at radius 1 is 0.929 bits per heavy atom. The minimum Gasteiger partial charge on any atom is -0.285 e. The average molecular weight is 642 g/mol. The van der Waals surface area contributed by atoms with Crippen LogP contribution in [0.5, 0.6) is 0 Å². The monoisotopic (exact) mass is 642 g/mol. The second kappa shape index (κ2) is 10.8. The fourth-order valence-corrected chi connectivity index (χ4v) is 9.32. The molecule has 6 heteroatoms. The summed E-state index contributed by atoms with van der Waals surface area (Å²) in [4.78, 5) is 28.5. The van der Waals surface area contributed by atoms with Crippen LogP contribution in [0.15, 0.2) is 5.57 Å². The topological polar surface area (TPSA) is 34.1 Å². The van der Waals surface area contributed by atoms with Gasteiger partial charge in [0.15, 0.2) is 0 Å². The Kier molecular flexibility index (Phi) is 8.93. The molecule has 0 N–H and O–H groups in total. The molecule has 1 aliphatic carbocycles. The van der Waals surface area contributed by atoms with Crippen LogP contribution < -0.4 is 0 Å². The third-order valence-corrected chi connectivity index (χ3v) is 11.0. The van der Waals surface area contributed by atoms with Crippen molar-refractivity contribution >= 4 is 84.8 Å². The van der Waals surface area contributed by atoms with Crippen LogP contribution in [0.3, 0.4) is 0 Å². The average Bonchev–Trinajstić information content (AvgIpc) is 3.18. The van der Waals surface area contributed by atoms with Crippen molar-refractivity contribution in [3.63, 3.8) is 0 Å². The molecule has 0 fully saturated rings. The van der Waals surface area contributed by atoms with Crippen molar-refractivity contribution < 1.29 is 9.59 Å². The zero-order valence-electron chi connectivity index (χ0n) is 16.6. The Balaban J connectivity index is 1.87. The van der Waals surface area contributed by atoms with Gasteiger partial charge in [0.05, 0.1) is 11.0 Å². The number of carbonyl (C=O) groups excluding carboxylic acids is 2. The maximum atomic E-state index is 13.1. The molecule has 2 heterocycles. The van der Waals surface area contributed by atoms with Crippen LogP contribution in [0.25, 0.3) is 4.91 Å². The SMILES string of the molecule is CCCCCCc1c(I)sc2c1C(=O)C(=O)C1=C2SC(I)C1CCCCCC. The first-order chi connectivity index (χ1) is 13.5. The molecule has 1 aromatic rings. The van der Waals surface area contributed by atoms with Crippen LogP contribution in [-0.4, -0.2) is 14.8 Å². The largest absolute Gasteiger partial charge is 0.285 e. The van der Waals surface area contributed by atoms with Crippen molar-refractivity contribution in [1.82, 2.24) is 0 Å². The van der Waals surface area contributed by atoms with E-state index in [0.717, 1.165) is 52.2 Å². The van der Waals surface area contributed by atoms with Crippen LogP contribution in [0, 0.1) is 8.80 Å². The molecule has 0 aromatic carbocycles. The van der Waals surface area contributed by atoms with Gasteiger partial charge >= 0.3 is 0 Å². The number of allylic oxidation sites excluding steroid dienone is 1. The number of thiophene rings is 1. The van der Waals surface area contributed by atoms with Crippen LogP contribution in [-0.2, 0) is 11.2 Å². The van der Waals surface area contributed by atoms with Crippen molar-refractivity contribution in [2.24, 2.45) is 5.92 Å². The quantitative estimate of drug-likeness (QED) is 0.112. The lowest BCUT2D eigenvalue weighted by Crippen LogP contribution is -2.26. The number of hydrogen-bond donors (Lipinski definition) is 0. The van der Waals surface area contributed by atoms with Gasteiger partial charge in [-0.3, -0.25) is 9.59 Å². The lowest BCUT2D eigenvalue weighted by Gasteiger charge is -2.19. The Morgan fingerprint density at radius 3 is 2.29 bits per heavy atom. The molecule has 154 valence electrons. The minimum atomic E-state index is -0.233. The highest BCUT2D eigenvalue weighted by atomic mass is 127. The van der Waals surface area contributed by atoms with E-state index in [1.54, 1.807) is 11.3 Å². The third kappa shape index (κ3) is 4.74. The number of ketones is 2. The van der Waals surface area contributed by atoms with E-state index < -0.39 is 0 Å². The summed E-state index contributed by atoms with van der Waals surface area (Å²) in [5, 5.41) is 0. The van der Waals surface area contributed by atoms with Crippen molar-refractivity contribution in [2.75, 3.05) is 0 Å². The van der Waals surface area contributed by atoms with Gasteiger partial charge in [0.25, 0.3) is 0 Å². The van der Waals surface area contributed by atoms with Gasteiger partial charge in [0, 0.05) is 22.0 Å². The van der Waals surface area contributed by atoms with E-state index in [2.05, 4.69) is 59.0 Å². The molecule has 0 saturated carbocycles. The molecule has 0 saturated heterocycles. The molecular weight excluding hydrogens is 614 g/mol. The summed E-state index contributed by atoms with van der Waals surface area (Å²) in [5.41, 5.74) is 2.73. The van der Waals surface area contributed by atoms with Gasteiger partial charge in [-0.2, -0.15) is 0 Å². The first-order valence-electron chi connectivity index (χ1n) is 10.5. The summed E-state index contributed by atoms with van der Waals surface area (Å²) >= 11 is 8.42. The molecule has 2 aliphatic rings. The molecule has 0 spiro atoms. The van der Waals surface area contributed by atoms with E-state index in [1.165, 1.54) is 41.4 Å². The smallest absolute Gasteiger partial charge is 0.235 e. The molecular formula is C22H28I2O2S2. The van der Waals surface area contributed by atoms with Crippen LogP contribution >= 0.6 is 68.3 Å². The van der Waals surface area contributed by atoms with E-state index >= 15 is 0 Å². The van der Waals surface area contributed by atoms with Gasteiger partial charge in [-0.25, -0.2) is 0 Å². The fourth-order valence-electron chi connectivity index (χ4n) is 4.10. The zero-order chi connectivity index (χ0) is 20.3. The van der Waals surface area contributed by atoms with Gasteiger partial charge in [0.1, 0.15) is 0 Å². The first kappa shape index (κ1) is 23.3. The second-order valence-electron chi connectivity index (χ2n) is 7.69. The number of unbranched alkanes of at least 4 members (excludes halogenated alkanes) is 6. The van der Waals surface area contributed by atoms with Crippen molar-refractivity contribution in [2.45, 2.75) is 81.3 Å². The fraction of sp³-hybridized carbons (Fsp3) is 0.636. The molecule has 1 aliphatic heterocycles. The lowest BCUT2D eigenvalue weighted by molar-refractivity contribution is -0.112. The van der Waals surface area contributed by atoms with Crippen molar-refractivity contribution in [1.29, 1.82) is 0 Å². The van der Waals surface area contributed by atoms with E-state index in [-0.39, 0.29) is 17.5 Å². The summed E-state index contributed by atoms with van der Waals surface area (Å²) in [6.07, 6.45) is 11.5. The van der Waals surface area contributed by atoms with Gasteiger partial charge in [0.2, 0.25) is 11.6 Å². The Hall–Kier alpha value is 0.590. The number of Topliss-reactive ketones (excluding diaryl/α,β-unsaturated/α-hetero) is 2. The van der Waals surface area contributed by atoms with Crippen molar-refractivity contribution in [3.05, 3.63) is 24.5 Å². The summed E-state index contributed by atoms with van der Waals surface area (Å²) in [6.45, 7) is 4.43. The van der Waals surface area contributed by atoms with Crippen LogP contribution in [0.2, 0.25) is 0 Å². The van der Waals surface area contributed by atoms with E-state index in [9.17, 15) is 9.59 Å². The number of halogens is 2. The number of thioether (sulfide) groups is 1. The molecule has 2 atom stereocenters. The molecule has 3 rings (SSSR count). The summed E-state index contributed by atoms with van der Waals surface area (Å²) < 4.78 is 1.56.